The van der Waals surface area contributed by atoms with Crippen LogP contribution >= 0.6 is 0 Å². The first-order valence-corrected chi connectivity index (χ1v) is 5.00. The molecule has 0 saturated heterocycles. The Labute approximate surface area is 84.7 Å². The Morgan fingerprint density at radius 1 is 1.57 bits per heavy atom. The maximum absolute atomic E-state index is 5.43. The average Bonchev–Trinajstić information content (AvgIpc) is 2.65. The predicted octanol–water partition coefficient (Wildman–Crippen LogP) is 1.36. The lowest BCUT2D eigenvalue weighted by atomic mass is 10.4. The van der Waals surface area contributed by atoms with Crippen molar-refractivity contribution in [3.05, 3.63) is 17.8 Å². The summed E-state index contributed by atoms with van der Waals surface area (Å²) >= 11 is 0. The van der Waals surface area contributed by atoms with Gasteiger partial charge in [-0.3, -0.25) is 0 Å². The molecule has 0 fully saturated rings. The van der Waals surface area contributed by atoms with Crippen LogP contribution in [0.15, 0.2) is 10.6 Å². The van der Waals surface area contributed by atoms with E-state index in [4.69, 9.17) is 9.15 Å². The molecule has 1 rings (SSSR count). The highest BCUT2D eigenvalue weighted by molar-refractivity contribution is 4.93. The number of hydrogen-bond acceptors (Lipinski definition) is 4. The number of nitrogens with one attached hydrogen (secondary N) is 1. The quantitative estimate of drug-likeness (QED) is 0.672. The lowest BCUT2D eigenvalue weighted by Crippen LogP contribution is -2.16. The number of oxazole rings is 1. The number of hydrogen-bond donors (Lipinski definition) is 1. The van der Waals surface area contributed by atoms with Gasteiger partial charge in [0.05, 0.1) is 12.7 Å². The average molecular weight is 198 g/mol. The molecule has 1 N–H and O–H groups in total. The molecule has 0 radical (unpaired) electrons. The third-order valence-corrected chi connectivity index (χ3v) is 1.93. The van der Waals surface area contributed by atoms with Gasteiger partial charge < -0.3 is 14.5 Å². The second-order valence-electron chi connectivity index (χ2n) is 3.10. The van der Waals surface area contributed by atoms with Crippen LogP contribution in [0, 0.1) is 0 Å². The van der Waals surface area contributed by atoms with E-state index in [1.165, 1.54) is 0 Å². The molecule has 0 aliphatic carbocycles. The molecule has 4 nitrogen and oxygen atoms in total. The lowest BCUT2D eigenvalue weighted by molar-refractivity contribution is 0.194. The SMILES string of the molecule is CCc1cnc(CNCCCOC)o1. The molecule has 1 aromatic heterocycles. The number of methoxy groups -OCH3 is 1. The number of aryl methyl sites for hydroxylation is 1. The maximum Gasteiger partial charge on any atom is 0.208 e. The number of ether oxygens (including phenoxy) is 1. The van der Waals surface area contributed by atoms with Gasteiger partial charge in [-0.05, 0) is 13.0 Å². The van der Waals surface area contributed by atoms with Gasteiger partial charge in [0, 0.05) is 20.1 Å². The zero-order valence-electron chi connectivity index (χ0n) is 8.88. The van der Waals surface area contributed by atoms with E-state index in [0.717, 1.165) is 37.6 Å². The Morgan fingerprint density at radius 3 is 3.07 bits per heavy atom. The van der Waals surface area contributed by atoms with Crippen molar-refractivity contribution in [2.45, 2.75) is 26.3 Å². The predicted molar refractivity (Wildman–Crippen MR) is 54.1 cm³/mol. The zero-order chi connectivity index (χ0) is 10.2. The highest BCUT2D eigenvalue weighted by atomic mass is 16.5. The summed E-state index contributed by atoms with van der Waals surface area (Å²) in [7, 11) is 1.71. The van der Waals surface area contributed by atoms with E-state index in [0.29, 0.717) is 6.54 Å². The fraction of sp³-hybridized carbons (Fsp3) is 0.700. The van der Waals surface area contributed by atoms with Crippen LogP contribution in [0.5, 0.6) is 0 Å². The van der Waals surface area contributed by atoms with Crippen LogP contribution in [0.4, 0.5) is 0 Å². The molecule has 14 heavy (non-hydrogen) atoms. The summed E-state index contributed by atoms with van der Waals surface area (Å²) in [6.45, 7) is 4.47. The molecule has 0 spiro atoms. The molecule has 80 valence electrons. The van der Waals surface area contributed by atoms with E-state index in [1.807, 2.05) is 0 Å². The first kappa shape index (κ1) is 11.2. The second kappa shape index (κ2) is 6.56. The van der Waals surface area contributed by atoms with E-state index in [-0.39, 0.29) is 0 Å². The van der Waals surface area contributed by atoms with E-state index in [9.17, 15) is 0 Å². The van der Waals surface area contributed by atoms with Crippen LogP contribution in [0.1, 0.15) is 25.0 Å². The summed E-state index contributed by atoms with van der Waals surface area (Å²) in [6, 6.07) is 0. The van der Waals surface area contributed by atoms with Crippen LogP contribution in [-0.2, 0) is 17.7 Å². The van der Waals surface area contributed by atoms with Crippen LogP contribution in [-0.4, -0.2) is 25.2 Å². The third-order valence-electron chi connectivity index (χ3n) is 1.93. The van der Waals surface area contributed by atoms with E-state index in [2.05, 4.69) is 17.2 Å². The molecular formula is C10H18N2O2. The largest absolute Gasteiger partial charge is 0.444 e. The second-order valence-corrected chi connectivity index (χ2v) is 3.10. The Bertz CT molecular complexity index is 248. The molecule has 0 bridgehead atoms. The molecular weight excluding hydrogens is 180 g/mol. The Hall–Kier alpha value is -0.870. The molecule has 0 saturated carbocycles. The summed E-state index contributed by atoms with van der Waals surface area (Å²) in [5.41, 5.74) is 0. The van der Waals surface area contributed by atoms with Crippen molar-refractivity contribution in [1.29, 1.82) is 0 Å². The minimum Gasteiger partial charge on any atom is -0.444 e. The summed E-state index contributed by atoms with van der Waals surface area (Å²) in [6.07, 6.45) is 3.70. The van der Waals surface area contributed by atoms with E-state index in [1.54, 1.807) is 13.3 Å². The van der Waals surface area contributed by atoms with Crippen molar-refractivity contribution >= 4 is 0 Å². The van der Waals surface area contributed by atoms with Crippen LogP contribution in [0.25, 0.3) is 0 Å². The van der Waals surface area contributed by atoms with Crippen molar-refractivity contribution in [1.82, 2.24) is 10.3 Å². The highest BCUT2D eigenvalue weighted by Crippen LogP contribution is 2.03. The van der Waals surface area contributed by atoms with Gasteiger partial charge in [-0.2, -0.15) is 0 Å². The molecule has 4 heteroatoms. The Balaban J connectivity index is 2.12. The lowest BCUT2D eigenvalue weighted by Gasteiger charge is -2.00. The Morgan fingerprint density at radius 2 is 2.43 bits per heavy atom. The topological polar surface area (TPSA) is 47.3 Å². The zero-order valence-corrected chi connectivity index (χ0v) is 8.88. The normalized spacial score (nSPS) is 10.7. The molecule has 0 amide bonds. The van der Waals surface area contributed by atoms with Gasteiger partial charge in [0.15, 0.2) is 0 Å². The van der Waals surface area contributed by atoms with Gasteiger partial charge in [0.25, 0.3) is 0 Å². The van der Waals surface area contributed by atoms with Gasteiger partial charge in [0.1, 0.15) is 5.76 Å². The first-order valence-electron chi connectivity index (χ1n) is 5.00. The molecule has 0 aliphatic heterocycles. The third kappa shape index (κ3) is 3.89. The van der Waals surface area contributed by atoms with Gasteiger partial charge in [0.2, 0.25) is 5.89 Å². The molecule has 1 heterocycles. The standard InChI is InChI=1S/C10H18N2O2/c1-3-9-7-12-10(14-9)8-11-5-4-6-13-2/h7,11H,3-6,8H2,1-2H3. The summed E-state index contributed by atoms with van der Waals surface area (Å²) in [5, 5.41) is 3.24. The number of aromatic nitrogens is 1. The minimum absolute atomic E-state index is 0.698. The van der Waals surface area contributed by atoms with Crippen molar-refractivity contribution in [3.63, 3.8) is 0 Å². The monoisotopic (exact) mass is 198 g/mol. The van der Waals surface area contributed by atoms with Crippen LogP contribution in [0.3, 0.4) is 0 Å². The van der Waals surface area contributed by atoms with Crippen molar-refractivity contribution < 1.29 is 9.15 Å². The van der Waals surface area contributed by atoms with Gasteiger partial charge >= 0.3 is 0 Å². The first-order chi connectivity index (χ1) is 6.86. The molecule has 0 aliphatic rings. The summed E-state index contributed by atoms with van der Waals surface area (Å²) < 4.78 is 10.4. The smallest absolute Gasteiger partial charge is 0.208 e. The van der Waals surface area contributed by atoms with Crippen molar-refractivity contribution in [2.24, 2.45) is 0 Å². The fourth-order valence-electron chi connectivity index (χ4n) is 1.13. The summed E-state index contributed by atoms with van der Waals surface area (Å²) in [4.78, 5) is 4.14. The highest BCUT2D eigenvalue weighted by Gasteiger charge is 2.00. The number of rotatable bonds is 7. The summed E-state index contributed by atoms with van der Waals surface area (Å²) in [5.74, 6) is 1.71. The van der Waals surface area contributed by atoms with E-state index < -0.39 is 0 Å². The fourth-order valence-corrected chi connectivity index (χ4v) is 1.13. The molecule has 0 aromatic carbocycles. The van der Waals surface area contributed by atoms with Crippen molar-refractivity contribution in [3.8, 4) is 0 Å². The van der Waals surface area contributed by atoms with E-state index >= 15 is 0 Å². The van der Waals surface area contributed by atoms with Gasteiger partial charge in [-0.15, -0.1) is 0 Å². The van der Waals surface area contributed by atoms with Crippen LogP contribution < -0.4 is 5.32 Å². The van der Waals surface area contributed by atoms with Gasteiger partial charge in [-0.1, -0.05) is 6.92 Å². The number of nitrogens with zero attached hydrogens (tertiary/aromatic N) is 1. The molecule has 0 unspecified atom stereocenters. The Kier molecular flexibility index (Phi) is 5.25. The molecule has 0 atom stereocenters. The van der Waals surface area contributed by atoms with Gasteiger partial charge in [-0.25, -0.2) is 4.98 Å². The van der Waals surface area contributed by atoms with Crippen molar-refractivity contribution in [2.75, 3.05) is 20.3 Å². The molecule has 1 aromatic rings. The minimum atomic E-state index is 0.698. The van der Waals surface area contributed by atoms with Crippen LogP contribution in [0.2, 0.25) is 0 Å². The maximum atomic E-state index is 5.43.